The second-order valence-corrected chi connectivity index (χ2v) is 8.11. The number of benzene rings is 1. The van der Waals surface area contributed by atoms with Gasteiger partial charge in [0.1, 0.15) is 12.0 Å². The van der Waals surface area contributed by atoms with Crippen molar-refractivity contribution in [2.24, 2.45) is 0 Å². The maximum Gasteiger partial charge on any atom is 0.243 e. The molecule has 1 atom stereocenters. The van der Waals surface area contributed by atoms with Crippen LogP contribution in [0.3, 0.4) is 0 Å². The summed E-state index contributed by atoms with van der Waals surface area (Å²) in [6, 6.07) is 6.02. The van der Waals surface area contributed by atoms with E-state index in [0.717, 1.165) is 18.4 Å². The predicted molar refractivity (Wildman–Crippen MR) is 93.5 cm³/mol. The highest BCUT2D eigenvalue weighted by Gasteiger charge is 2.36. The first-order valence-electron chi connectivity index (χ1n) is 8.50. The Kier molecular flexibility index (Phi) is 5.06. The van der Waals surface area contributed by atoms with E-state index in [1.807, 2.05) is 0 Å². The van der Waals surface area contributed by atoms with Gasteiger partial charge in [-0.3, -0.25) is 4.79 Å². The zero-order valence-electron chi connectivity index (χ0n) is 14.4. The van der Waals surface area contributed by atoms with Crippen LogP contribution in [0.15, 0.2) is 39.8 Å². The molecule has 0 amide bonds. The lowest BCUT2D eigenvalue weighted by Crippen LogP contribution is -2.47. The third kappa shape index (κ3) is 3.52. The first-order chi connectivity index (χ1) is 11.9. The first-order valence-corrected chi connectivity index (χ1v) is 9.94. The Morgan fingerprint density at radius 1 is 1.28 bits per heavy atom. The minimum absolute atomic E-state index is 0.0158. The van der Waals surface area contributed by atoms with Crippen molar-refractivity contribution in [2.45, 2.75) is 50.5 Å². The van der Waals surface area contributed by atoms with Gasteiger partial charge in [0.2, 0.25) is 10.0 Å². The number of ketones is 1. The fourth-order valence-corrected chi connectivity index (χ4v) is 4.86. The van der Waals surface area contributed by atoms with Crippen molar-refractivity contribution in [2.75, 3.05) is 6.54 Å². The Morgan fingerprint density at radius 3 is 2.60 bits per heavy atom. The lowest BCUT2D eigenvalue weighted by Gasteiger charge is -2.33. The summed E-state index contributed by atoms with van der Waals surface area (Å²) in [5.41, 5.74) is 1.45. The molecule has 1 saturated heterocycles. The molecule has 0 spiro atoms. The largest absolute Gasteiger partial charge is 0.449 e. The van der Waals surface area contributed by atoms with Crippen molar-refractivity contribution < 1.29 is 17.6 Å². The minimum Gasteiger partial charge on any atom is -0.449 e. The van der Waals surface area contributed by atoms with Gasteiger partial charge in [0, 0.05) is 25.5 Å². The zero-order valence-corrected chi connectivity index (χ0v) is 15.3. The maximum atomic E-state index is 13.0. The van der Waals surface area contributed by atoms with Crippen LogP contribution in [0.2, 0.25) is 0 Å². The van der Waals surface area contributed by atoms with E-state index in [4.69, 9.17) is 4.42 Å². The van der Waals surface area contributed by atoms with Crippen LogP contribution in [-0.4, -0.2) is 36.1 Å². The molecule has 0 aliphatic carbocycles. The second kappa shape index (κ2) is 7.09. The summed E-state index contributed by atoms with van der Waals surface area (Å²) in [6.45, 7) is 3.92. The zero-order chi connectivity index (χ0) is 18.0. The molecule has 1 aromatic carbocycles. The van der Waals surface area contributed by atoms with E-state index in [1.165, 1.54) is 4.31 Å². The number of hydrogen-bond acceptors (Lipinski definition) is 5. The summed E-state index contributed by atoms with van der Waals surface area (Å²) >= 11 is 0. The number of rotatable bonds is 5. The van der Waals surface area contributed by atoms with Crippen molar-refractivity contribution >= 4 is 15.8 Å². The van der Waals surface area contributed by atoms with Gasteiger partial charge >= 0.3 is 0 Å². The number of Topliss-reactive ketones (excluding diaryl/α,β-unsaturated/α-hetero) is 1. The molecule has 3 rings (SSSR count). The normalized spacial score (nSPS) is 19.0. The summed E-state index contributed by atoms with van der Waals surface area (Å²) < 4.78 is 32.6. The van der Waals surface area contributed by atoms with Crippen LogP contribution in [0.25, 0.3) is 11.3 Å². The SMILES string of the molecule is CCC(=O)C1CCCCN1S(=O)(=O)c1ccc(-c2coc(C)n2)cc1. The molecule has 1 aliphatic heterocycles. The Balaban J connectivity index is 1.89. The van der Waals surface area contributed by atoms with Gasteiger partial charge in [-0.15, -0.1) is 0 Å². The lowest BCUT2D eigenvalue weighted by molar-refractivity contribution is -0.123. The van der Waals surface area contributed by atoms with Gasteiger partial charge in [0.25, 0.3) is 0 Å². The maximum absolute atomic E-state index is 13.0. The number of carbonyl (C=O) groups is 1. The van der Waals surface area contributed by atoms with Crippen LogP contribution < -0.4 is 0 Å². The average Bonchev–Trinajstić information content (AvgIpc) is 3.07. The number of nitrogens with zero attached hydrogens (tertiary/aromatic N) is 2. The van der Waals surface area contributed by atoms with E-state index in [-0.39, 0.29) is 10.7 Å². The summed E-state index contributed by atoms with van der Waals surface area (Å²) in [5.74, 6) is 0.541. The molecule has 2 heterocycles. The standard InChI is InChI=1S/C18H22N2O4S/c1-3-18(21)17-6-4-5-11-20(17)25(22,23)15-9-7-14(8-10-15)16-12-24-13(2)19-16/h7-10,12,17H,3-6,11H2,1-2H3. The monoisotopic (exact) mass is 362 g/mol. The lowest BCUT2D eigenvalue weighted by atomic mass is 10.00. The topological polar surface area (TPSA) is 80.5 Å². The number of carbonyl (C=O) groups excluding carboxylic acids is 1. The Morgan fingerprint density at radius 2 is 2.00 bits per heavy atom. The fourth-order valence-electron chi connectivity index (χ4n) is 3.18. The van der Waals surface area contributed by atoms with Gasteiger partial charge in [-0.1, -0.05) is 25.5 Å². The molecule has 7 heteroatoms. The third-order valence-corrected chi connectivity index (χ3v) is 6.47. The first kappa shape index (κ1) is 17.8. The highest BCUT2D eigenvalue weighted by molar-refractivity contribution is 7.89. The molecule has 0 bridgehead atoms. The summed E-state index contributed by atoms with van der Waals surface area (Å²) in [4.78, 5) is 16.6. The van der Waals surface area contributed by atoms with E-state index in [2.05, 4.69) is 4.98 Å². The molecule has 6 nitrogen and oxygen atoms in total. The van der Waals surface area contributed by atoms with Crippen molar-refractivity contribution in [3.63, 3.8) is 0 Å². The van der Waals surface area contributed by atoms with Crippen molar-refractivity contribution in [3.8, 4) is 11.3 Å². The molecule has 25 heavy (non-hydrogen) atoms. The molecule has 2 aromatic rings. The van der Waals surface area contributed by atoms with Gasteiger partial charge in [-0.05, 0) is 25.0 Å². The number of sulfonamides is 1. The highest BCUT2D eigenvalue weighted by Crippen LogP contribution is 2.28. The summed E-state index contributed by atoms with van der Waals surface area (Å²) in [7, 11) is -3.69. The number of oxazole rings is 1. The highest BCUT2D eigenvalue weighted by atomic mass is 32.2. The molecular formula is C18H22N2O4S. The van der Waals surface area contributed by atoms with E-state index in [0.29, 0.717) is 31.0 Å². The Hall–Kier alpha value is -1.99. The smallest absolute Gasteiger partial charge is 0.243 e. The van der Waals surface area contributed by atoms with Gasteiger partial charge in [-0.2, -0.15) is 4.31 Å². The van der Waals surface area contributed by atoms with Crippen molar-refractivity contribution in [3.05, 3.63) is 36.4 Å². The Bertz CT molecular complexity index is 855. The second-order valence-electron chi connectivity index (χ2n) is 6.22. The van der Waals surface area contributed by atoms with Gasteiger partial charge < -0.3 is 4.42 Å². The molecule has 1 aliphatic rings. The molecule has 1 fully saturated rings. The number of aryl methyl sites for hydroxylation is 1. The van der Waals surface area contributed by atoms with Crippen molar-refractivity contribution in [1.29, 1.82) is 0 Å². The number of piperidine rings is 1. The summed E-state index contributed by atoms with van der Waals surface area (Å²) in [5, 5.41) is 0. The van der Waals surface area contributed by atoms with Gasteiger partial charge in [-0.25, -0.2) is 13.4 Å². The summed E-state index contributed by atoms with van der Waals surface area (Å²) in [6.07, 6.45) is 4.15. The van der Waals surface area contributed by atoms with Gasteiger partial charge in [0.15, 0.2) is 11.7 Å². The molecular weight excluding hydrogens is 340 g/mol. The van der Waals surface area contributed by atoms with E-state index in [1.54, 1.807) is 44.4 Å². The molecule has 1 unspecified atom stereocenters. The third-order valence-electron chi connectivity index (χ3n) is 4.55. The molecule has 0 radical (unpaired) electrons. The number of hydrogen-bond donors (Lipinski definition) is 0. The van der Waals surface area contributed by atoms with Crippen LogP contribution in [0.4, 0.5) is 0 Å². The predicted octanol–water partition coefficient (Wildman–Crippen LogP) is 3.17. The Labute approximate surface area is 147 Å². The minimum atomic E-state index is -3.69. The van der Waals surface area contributed by atoms with E-state index in [9.17, 15) is 13.2 Å². The van der Waals surface area contributed by atoms with Crippen LogP contribution in [0.5, 0.6) is 0 Å². The molecule has 134 valence electrons. The molecule has 0 saturated carbocycles. The number of aromatic nitrogens is 1. The molecule has 0 N–H and O–H groups in total. The van der Waals surface area contributed by atoms with E-state index < -0.39 is 16.1 Å². The van der Waals surface area contributed by atoms with E-state index >= 15 is 0 Å². The fraction of sp³-hybridized carbons (Fsp3) is 0.444. The van der Waals surface area contributed by atoms with Crippen molar-refractivity contribution in [1.82, 2.24) is 9.29 Å². The van der Waals surface area contributed by atoms with Crippen LogP contribution in [0, 0.1) is 6.92 Å². The quantitative estimate of drug-likeness (QED) is 0.816. The average molecular weight is 362 g/mol. The van der Waals surface area contributed by atoms with Crippen LogP contribution in [-0.2, 0) is 14.8 Å². The van der Waals surface area contributed by atoms with Crippen LogP contribution in [0.1, 0.15) is 38.5 Å². The van der Waals surface area contributed by atoms with Crippen LogP contribution >= 0.6 is 0 Å². The molecule has 1 aromatic heterocycles. The van der Waals surface area contributed by atoms with Gasteiger partial charge in [0.05, 0.1) is 10.9 Å².